The van der Waals surface area contributed by atoms with Crippen molar-refractivity contribution in [3.63, 3.8) is 0 Å². The zero-order valence-electron chi connectivity index (χ0n) is 17.3. The lowest BCUT2D eigenvalue weighted by Gasteiger charge is -2.21. The molecular formula is C21H32IN5O. The monoisotopic (exact) mass is 497 g/mol. The molecule has 0 aliphatic carbocycles. The van der Waals surface area contributed by atoms with Gasteiger partial charge in [0.05, 0.1) is 12.8 Å². The number of halogens is 1. The van der Waals surface area contributed by atoms with E-state index in [-0.39, 0.29) is 24.0 Å². The van der Waals surface area contributed by atoms with Crippen LogP contribution in [-0.2, 0) is 13.6 Å². The summed E-state index contributed by atoms with van der Waals surface area (Å²) in [4.78, 5) is 6.81. The van der Waals surface area contributed by atoms with Gasteiger partial charge in [0.1, 0.15) is 5.75 Å². The largest absolute Gasteiger partial charge is 0.493 e. The summed E-state index contributed by atoms with van der Waals surface area (Å²) in [7, 11) is 3.82. The number of likely N-dealkylation sites (tertiary alicyclic amines) is 1. The zero-order valence-corrected chi connectivity index (χ0v) is 19.6. The first-order valence-corrected chi connectivity index (χ1v) is 9.71. The van der Waals surface area contributed by atoms with Crippen LogP contribution in [0.4, 0.5) is 0 Å². The summed E-state index contributed by atoms with van der Waals surface area (Å²) in [5, 5.41) is 7.80. The van der Waals surface area contributed by atoms with Crippen LogP contribution in [0.1, 0.15) is 37.3 Å². The minimum atomic E-state index is 0. The Kier molecular flexibility index (Phi) is 8.59. The van der Waals surface area contributed by atoms with E-state index >= 15 is 0 Å². The topological polar surface area (TPSA) is 54.7 Å². The summed E-state index contributed by atoms with van der Waals surface area (Å²) in [6, 6.07) is 8.28. The van der Waals surface area contributed by atoms with Crippen molar-refractivity contribution in [2.24, 2.45) is 18.0 Å². The highest BCUT2D eigenvalue weighted by atomic mass is 127. The molecule has 2 aromatic rings. The van der Waals surface area contributed by atoms with Gasteiger partial charge in [-0.05, 0) is 35.6 Å². The van der Waals surface area contributed by atoms with E-state index in [0.717, 1.165) is 44.4 Å². The molecule has 3 rings (SSSR count). The first-order valence-electron chi connectivity index (χ1n) is 9.71. The quantitative estimate of drug-likeness (QED) is 0.376. The number of aliphatic imine (C=N–C) groups is 1. The molecule has 0 amide bonds. The molecule has 0 bridgehead atoms. The number of nitrogens with zero attached hydrogens (tertiary/aromatic N) is 4. The number of aryl methyl sites for hydroxylation is 1. The first-order chi connectivity index (χ1) is 13.0. The molecule has 2 heterocycles. The third-order valence-electron chi connectivity index (χ3n) is 4.83. The van der Waals surface area contributed by atoms with Crippen LogP contribution >= 0.6 is 24.0 Å². The van der Waals surface area contributed by atoms with Crippen molar-refractivity contribution in [2.45, 2.75) is 32.7 Å². The molecule has 6 nitrogen and oxygen atoms in total. The van der Waals surface area contributed by atoms with Crippen molar-refractivity contribution in [2.75, 3.05) is 26.7 Å². The first kappa shape index (κ1) is 22.5. The SMILES string of the molecule is CN=C(NCc1cccc(OCC(C)C)c1)N1CCC(c2cnn(C)c2)C1.I. The van der Waals surface area contributed by atoms with Gasteiger partial charge in [-0.15, -0.1) is 24.0 Å². The van der Waals surface area contributed by atoms with Gasteiger partial charge in [0, 0.05) is 45.8 Å². The molecule has 1 unspecified atom stereocenters. The number of rotatable bonds is 6. The molecule has 28 heavy (non-hydrogen) atoms. The Morgan fingerprint density at radius 3 is 2.89 bits per heavy atom. The van der Waals surface area contributed by atoms with Crippen LogP contribution < -0.4 is 10.1 Å². The van der Waals surface area contributed by atoms with E-state index in [2.05, 4.69) is 52.5 Å². The van der Waals surface area contributed by atoms with Gasteiger partial charge in [-0.2, -0.15) is 5.10 Å². The number of ether oxygens (including phenoxy) is 1. The molecule has 0 saturated carbocycles. The molecule has 1 aliphatic rings. The average Bonchev–Trinajstić information content (AvgIpc) is 3.30. The Balaban J connectivity index is 0.00000280. The van der Waals surface area contributed by atoms with Gasteiger partial charge in [-0.3, -0.25) is 9.67 Å². The molecule has 1 atom stereocenters. The summed E-state index contributed by atoms with van der Waals surface area (Å²) in [6.07, 6.45) is 5.23. The second-order valence-electron chi connectivity index (χ2n) is 7.63. The Morgan fingerprint density at radius 1 is 1.39 bits per heavy atom. The minimum absolute atomic E-state index is 0. The van der Waals surface area contributed by atoms with Crippen molar-refractivity contribution in [1.29, 1.82) is 0 Å². The molecule has 1 saturated heterocycles. The van der Waals surface area contributed by atoms with E-state index < -0.39 is 0 Å². The molecule has 1 fully saturated rings. The van der Waals surface area contributed by atoms with Crippen LogP contribution in [0, 0.1) is 5.92 Å². The maximum Gasteiger partial charge on any atom is 0.193 e. The highest BCUT2D eigenvalue weighted by Gasteiger charge is 2.26. The number of benzene rings is 1. The summed E-state index contributed by atoms with van der Waals surface area (Å²) < 4.78 is 7.70. The Bertz CT molecular complexity index is 774. The maximum absolute atomic E-state index is 5.83. The molecule has 1 aromatic carbocycles. The molecular weight excluding hydrogens is 465 g/mol. The Hall–Kier alpha value is -1.77. The van der Waals surface area contributed by atoms with Crippen LogP contribution in [0.15, 0.2) is 41.7 Å². The number of guanidine groups is 1. The molecule has 7 heteroatoms. The number of hydrogen-bond donors (Lipinski definition) is 1. The van der Waals surface area contributed by atoms with Crippen molar-refractivity contribution >= 4 is 29.9 Å². The third-order valence-corrected chi connectivity index (χ3v) is 4.83. The van der Waals surface area contributed by atoms with Gasteiger partial charge < -0.3 is 15.0 Å². The van der Waals surface area contributed by atoms with E-state index in [1.54, 1.807) is 0 Å². The van der Waals surface area contributed by atoms with Crippen molar-refractivity contribution < 1.29 is 4.74 Å². The predicted molar refractivity (Wildman–Crippen MR) is 125 cm³/mol. The Morgan fingerprint density at radius 2 is 2.21 bits per heavy atom. The van der Waals surface area contributed by atoms with Gasteiger partial charge in [0.25, 0.3) is 0 Å². The molecule has 0 spiro atoms. The summed E-state index contributed by atoms with van der Waals surface area (Å²) in [5.74, 6) is 2.92. The fourth-order valence-electron chi connectivity index (χ4n) is 3.40. The van der Waals surface area contributed by atoms with Crippen molar-refractivity contribution in [1.82, 2.24) is 20.0 Å². The molecule has 0 radical (unpaired) electrons. The summed E-state index contributed by atoms with van der Waals surface area (Å²) in [6.45, 7) is 7.77. The number of nitrogens with one attached hydrogen (secondary N) is 1. The number of hydrogen-bond acceptors (Lipinski definition) is 3. The second kappa shape index (κ2) is 10.7. The standard InChI is InChI=1S/C21H31N5O.HI/c1-16(2)15-27-20-7-5-6-17(10-20)11-23-21(22-3)26-9-8-18(14-26)19-12-24-25(4)13-19;/h5-7,10,12-13,16,18H,8-9,11,14-15H2,1-4H3,(H,22,23);1H. The molecule has 1 aliphatic heterocycles. The van der Waals surface area contributed by atoms with Gasteiger partial charge in [-0.25, -0.2) is 0 Å². The van der Waals surface area contributed by atoms with E-state index in [0.29, 0.717) is 11.8 Å². The predicted octanol–water partition coefficient (Wildman–Crippen LogP) is 3.64. The van der Waals surface area contributed by atoms with Gasteiger partial charge in [0.2, 0.25) is 0 Å². The van der Waals surface area contributed by atoms with Gasteiger partial charge >= 0.3 is 0 Å². The van der Waals surface area contributed by atoms with Crippen molar-refractivity contribution in [3.8, 4) is 5.75 Å². The lowest BCUT2D eigenvalue weighted by atomic mass is 10.0. The smallest absolute Gasteiger partial charge is 0.193 e. The van der Waals surface area contributed by atoms with Crippen LogP contribution in [0.25, 0.3) is 0 Å². The summed E-state index contributed by atoms with van der Waals surface area (Å²) >= 11 is 0. The fourth-order valence-corrected chi connectivity index (χ4v) is 3.40. The van der Waals surface area contributed by atoms with Crippen LogP contribution in [0.2, 0.25) is 0 Å². The normalized spacial score (nSPS) is 17.0. The average molecular weight is 497 g/mol. The van der Waals surface area contributed by atoms with Crippen LogP contribution in [0.3, 0.4) is 0 Å². The minimum Gasteiger partial charge on any atom is -0.493 e. The number of aromatic nitrogens is 2. The molecule has 1 N–H and O–H groups in total. The van der Waals surface area contributed by atoms with E-state index in [1.807, 2.05) is 37.1 Å². The third kappa shape index (κ3) is 6.12. The second-order valence-corrected chi connectivity index (χ2v) is 7.63. The maximum atomic E-state index is 5.83. The summed E-state index contributed by atoms with van der Waals surface area (Å²) in [5.41, 5.74) is 2.51. The molecule has 1 aromatic heterocycles. The lowest BCUT2D eigenvalue weighted by molar-refractivity contribution is 0.271. The zero-order chi connectivity index (χ0) is 19.2. The van der Waals surface area contributed by atoms with Crippen LogP contribution in [-0.4, -0.2) is 47.4 Å². The highest BCUT2D eigenvalue weighted by molar-refractivity contribution is 14.0. The fraction of sp³-hybridized carbons (Fsp3) is 0.524. The Labute approximate surface area is 185 Å². The highest BCUT2D eigenvalue weighted by Crippen LogP contribution is 2.26. The van der Waals surface area contributed by atoms with E-state index in [9.17, 15) is 0 Å². The van der Waals surface area contributed by atoms with E-state index in [1.165, 1.54) is 11.1 Å². The molecule has 154 valence electrons. The lowest BCUT2D eigenvalue weighted by Crippen LogP contribution is -2.39. The van der Waals surface area contributed by atoms with Gasteiger partial charge in [-0.1, -0.05) is 26.0 Å². The van der Waals surface area contributed by atoms with Crippen LogP contribution in [0.5, 0.6) is 5.75 Å². The van der Waals surface area contributed by atoms with Gasteiger partial charge in [0.15, 0.2) is 5.96 Å². The van der Waals surface area contributed by atoms with Crippen molar-refractivity contribution in [3.05, 3.63) is 47.8 Å². The van der Waals surface area contributed by atoms with E-state index in [4.69, 9.17) is 4.74 Å².